The Bertz CT molecular complexity index is 497. The highest BCUT2D eigenvalue weighted by Gasteiger charge is 2.31. The van der Waals surface area contributed by atoms with Crippen LogP contribution in [0.1, 0.15) is 19.3 Å². The molecule has 1 aromatic rings. The van der Waals surface area contributed by atoms with Gasteiger partial charge in [0, 0.05) is 26.6 Å². The molecule has 2 rings (SSSR count). The van der Waals surface area contributed by atoms with Crippen molar-refractivity contribution < 1.29 is 14.8 Å². The summed E-state index contributed by atoms with van der Waals surface area (Å²) in [4.78, 5) is 23.4. The number of aryl methyl sites for hydroxylation is 1. The van der Waals surface area contributed by atoms with E-state index in [1.807, 2.05) is 0 Å². The third-order valence-electron chi connectivity index (χ3n) is 3.44. The Labute approximate surface area is 116 Å². The maximum atomic E-state index is 11.9. The van der Waals surface area contributed by atoms with Crippen molar-refractivity contribution in [1.29, 1.82) is 0 Å². The highest BCUT2D eigenvalue weighted by atomic mass is 16.6. The number of likely N-dealkylation sites (N-methyl/N-ethyl adjacent to an activating group) is 1. The van der Waals surface area contributed by atoms with Crippen LogP contribution in [0.25, 0.3) is 0 Å². The molecule has 0 bridgehead atoms. The number of amides is 1. The number of nitrogens with zero attached hydrogens (tertiary/aromatic N) is 4. The molecule has 1 unspecified atom stereocenters. The van der Waals surface area contributed by atoms with E-state index in [0.717, 1.165) is 19.0 Å². The summed E-state index contributed by atoms with van der Waals surface area (Å²) in [6.45, 7) is 0.624. The number of aliphatic hydroxyl groups excluding tert-OH is 1. The normalized spacial score (nSPS) is 15.9. The van der Waals surface area contributed by atoms with Gasteiger partial charge in [-0.15, -0.1) is 0 Å². The number of rotatable bonds is 7. The highest BCUT2D eigenvalue weighted by molar-refractivity contribution is 5.75. The number of aromatic nitrogens is 2. The van der Waals surface area contributed by atoms with Crippen LogP contribution >= 0.6 is 0 Å². The summed E-state index contributed by atoms with van der Waals surface area (Å²) < 4.78 is 1.38. The standard InChI is InChI=1S/C12H18N4O4/c1-14(8-11(17)9-2-3-9)12(18)4-5-15-7-10(6-13-15)16(19)20/h6-7,9,11,17H,2-5,8H2,1H3. The maximum absolute atomic E-state index is 11.9. The smallest absolute Gasteiger partial charge is 0.306 e. The fourth-order valence-corrected chi connectivity index (χ4v) is 1.98. The van der Waals surface area contributed by atoms with Crippen molar-refractivity contribution in [2.45, 2.75) is 31.9 Å². The first-order chi connectivity index (χ1) is 9.47. The van der Waals surface area contributed by atoms with E-state index in [2.05, 4.69) is 5.10 Å². The van der Waals surface area contributed by atoms with Gasteiger partial charge >= 0.3 is 5.69 Å². The Morgan fingerprint density at radius 1 is 1.70 bits per heavy atom. The topological polar surface area (TPSA) is 102 Å². The molecule has 1 atom stereocenters. The molecule has 110 valence electrons. The van der Waals surface area contributed by atoms with Gasteiger partial charge in [-0.3, -0.25) is 19.6 Å². The molecule has 1 N–H and O–H groups in total. The third-order valence-corrected chi connectivity index (χ3v) is 3.44. The monoisotopic (exact) mass is 282 g/mol. The molecule has 1 heterocycles. The fraction of sp³-hybridized carbons (Fsp3) is 0.667. The molecule has 1 saturated carbocycles. The summed E-state index contributed by atoms with van der Waals surface area (Å²) >= 11 is 0. The maximum Gasteiger partial charge on any atom is 0.306 e. The first-order valence-electron chi connectivity index (χ1n) is 6.56. The lowest BCUT2D eigenvalue weighted by atomic mass is 10.2. The zero-order chi connectivity index (χ0) is 14.7. The van der Waals surface area contributed by atoms with Crippen LogP contribution in [0.2, 0.25) is 0 Å². The van der Waals surface area contributed by atoms with Gasteiger partial charge < -0.3 is 10.0 Å². The molecule has 8 heteroatoms. The van der Waals surface area contributed by atoms with Crippen LogP contribution in [0, 0.1) is 16.0 Å². The van der Waals surface area contributed by atoms with Gasteiger partial charge in [-0.2, -0.15) is 5.10 Å². The number of nitro groups is 1. The van der Waals surface area contributed by atoms with E-state index in [4.69, 9.17) is 0 Å². The lowest BCUT2D eigenvalue weighted by molar-refractivity contribution is -0.385. The van der Waals surface area contributed by atoms with Crippen LogP contribution < -0.4 is 0 Å². The van der Waals surface area contributed by atoms with Crippen molar-refractivity contribution in [3.63, 3.8) is 0 Å². The average molecular weight is 282 g/mol. The van der Waals surface area contributed by atoms with E-state index in [9.17, 15) is 20.0 Å². The molecule has 1 aromatic heterocycles. The summed E-state index contributed by atoms with van der Waals surface area (Å²) in [7, 11) is 1.65. The van der Waals surface area contributed by atoms with E-state index in [1.54, 1.807) is 7.05 Å². The Morgan fingerprint density at radius 2 is 2.40 bits per heavy atom. The molecule has 1 aliphatic carbocycles. The molecule has 0 saturated heterocycles. The fourth-order valence-electron chi connectivity index (χ4n) is 1.98. The summed E-state index contributed by atoms with van der Waals surface area (Å²) in [5.74, 6) is 0.224. The van der Waals surface area contributed by atoms with E-state index in [1.165, 1.54) is 15.8 Å². The Morgan fingerprint density at radius 3 is 2.95 bits per heavy atom. The molecule has 8 nitrogen and oxygen atoms in total. The molecule has 0 aliphatic heterocycles. The van der Waals surface area contributed by atoms with E-state index < -0.39 is 11.0 Å². The number of hydrogen-bond acceptors (Lipinski definition) is 5. The Balaban J connectivity index is 1.76. The van der Waals surface area contributed by atoms with Crippen molar-refractivity contribution in [1.82, 2.24) is 14.7 Å². The zero-order valence-corrected chi connectivity index (χ0v) is 11.3. The predicted octanol–water partition coefficient (Wildman–Crippen LogP) is 0.411. The predicted molar refractivity (Wildman–Crippen MR) is 69.9 cm³/mol. The number of carbonyl (C=O) groups excluding carboxylic acids is 1. The van der Waals surface area contributed by atoms with Gasteiger partial charge in [0.25, 0.3) is 0 Å². The molecule has 1 fully saturated rings. The van der Waals surface area contributed by atoms with Gasteiger partial charge in [0.2, 0.25) is 5.91 Å². The molecule has 0 radical (unpaired) electrons. The SMILES string of the molecule is CN(CC(O)C1CC1)C(=O)CCn1cc([N+](=O)[O-])cn1. The quantitative estimate of drug-likeness (QED) is 0.576. The van der Waals surface area contributed by atoms with Crippen LogP contribution in [0.15, 0.2) is 12.4 Å². The summed E-state index contributed by atoms with van der Waals surface area (Å²) in [5.41, 5.74) is -0.0880. The highest BCUT2D eigenvalue weighted by Crippen LogP contribution is 2.32. The number of hydrogen-bond donors (Lipinski definition) is 1. The molecule has 0 spiro atoms. The van der Waals surface area contributed by atoms with Crippen LogP contribution in [0.4, 0.5) is 5.69 Å². The minimum Gasteiger partial charge on any atom is -0.391 e. The van der Waals surface area contributed by atoms with Gasteiger partial charge in [0.1, 0.15) is 12.4 Å². The van der Waals surface area contributed by atoms with Gasteiger partial charge in [-0.25, -0.2) is 0 Å². The van der Waals surface area contributed by atoms with Gasteiger partial charge in [-0.1, -0.05) is 0 Å². The molecule has 1 amide bonds. The van der Waals surface area contributed by atoms with Gasteiger partial charge in [0.05, 0.1) is 11.0 Å². The second-order valence-corrected chi connectivity index (χ2v) is 5.15. The molecule has 20 heavy (non-hydrogen) atoms. The van der Waals surface area contributed by atoms with Crippen molar-refractivity contribution in [2.75, 3.05) is 13.6 Å². The summed E-state index contributed by atoms with van der Waals surface area (Å²) in [6.07, 6.45) is 4.26. The molecule has 0 aromatic carbocycles. The van der Waals surface area contributed by atoms with Crippen LogP contribution in [0.3, 0.4) is 0 Å². The Hall–Kier alpha value is -1.96. The number of carbonyl (C=O) groups is 1. The summed E-state index contributed by atoms with van der Waals surface area (Å²) in [6, 6.07) is 0. The van der Waals surface area contributed by atoms with Crippen LogP contribution in [-0.2, 0) is 11.3 Å². The second-order valence-electron chi connectivity index (χ2n) is 5.15. The lowest BCUT2D eigenvalue weighted by Crippen LogP contribution is -2.35. The molecular formula is C12H18N4O4. The lowest BCUT2D eigenvalue weighted by Gasteiger charge is -2.20. The number of aliphatic hydroxyl groups is 1. The molecular weight excluding hydrogens is 264 g/mol. The van der Waals surface area contributed by atoms with Crippen molar-refractivity contribution in [3.8, 4) is 0 Å². The zero-order valence-electron chi connectivity index (χ0n) is 11.3. The second kappa shape index (κ2) is 6.00. The summed E-state index contributed by atoms with van der Waals surface area (Å²) in [5, 5.41) is 24.1. The van der Waals surface area contributed by atoms with E-state index in [0.29, 0.717) is 12.5 Å². The van der Waals surface area contributed by atoms with Gasteiger partial charge in [-0.05, 0) is 18.8 Å². The first kappa shape index (κ1) is 14.4. The van der Waals surface area contributed by atoms with Gasteiger partial charge in [0.15, 0.2) is 0 Å². The first-order valence-corrected chi connectivity index (χ1v) is 6.56. The Kier molecular flexibility index (Phi) is 4.33. The molecule has 1 aliphatic rings. The minimum atomic E-state index is -0.524. The van der Waals surface area contributed by atoms with Crippen molar-refractivity contribution in [2.24, 2.45) is 5.92 Å². The van der Waals surface area contributed by atoms with E-state index >= 15 is 0 Å². The average Bonchev–Trinajstić information content (AvgIpc) is 3.14. The van der Waals surface area contributed by atoms with Crippen molar-refractivity contribution in [3.05, 3.63) is 22.5 Å². The van der Waals surface area contributed by atoms with E-state index in [-0.39, 0.29) is 24.6 Å². The van der Waals surface area contributed by atoms with Crippen molar-refractivity contribution >= 4 is 11.6 Å². The largest absolute Gasteiger partial charge is 0.391 e. The van der Waals surface area contributed by atoms with Crippen LogP contribution in [-0.4, -0.2) is 50.3 Å². The minimum absolute atomic E-state index is 0.0880. The third kappa shape index (κ3) is 3.77. The van der Waals surface area contributed by atoms with Crippen LogP contribution in [0.5, 0.6) is 0 Å².